The lowest BCUT2D eigenvalue weighted by atomic mass is 9.96. The molecule has 1 saturated heterocycles. The Labute approximate surface area is 114 Å². The average molecular weight is 288 g/mol. The van der Waals surface area contributed by atoms with E-state index in [1.807, 2.05) is 0 Å². The first kappa shape index (κ1) is 14.5. The van der Waals surface area contributed by atoms with Gasteiger partial charge in [0.1, 0.15) is 11.5 Å². The van der Waals surface area contributed by atoms with Crippen LogP contribution in [0.15, 0.2) is 12.4 Å². The molecule has 0 bridgehead atoms. The van der Waals surface area contributed by atoms with E-state index in [0.29, 0.717) is 5.82 Å². The minimum atomic E-state index is -4.18. The minimum absolute atomic E-state index is 0.0611. The summed E-state index contributed by atoms with van der Waals surface area (Å²) in [5.74, 6) is -1.25. The molecular formula is C12H15F3N4O. The number of carbonyl (C=O) groups is 1. The van der Waals surface area contributed by atoms with Crippen molar-refractivity contribution in [2.45, 2.75) is 19.0 Å². The standard InChI is InChI=1S/C12H15F3N4O/c1-16-10-7-17-6-9(18-10)11(20)19-4-2-8(3-5-19)12(13,14)15/h6-8H,2-5H2,1H3,(H,16,18). The second kappa shape index (κ2) is 5.64. The number of nitrogens with zero attached hydrogens (tertiary/aromatic N) is 3. The maximum Gasteiger partial charge on any atom is 0.391 e. The summed E-state index contributed by atoms with van der Waals surface area (Å²) in [5, 5.41) is 2.76. The van der Waals surface area contributed by atoms with Gasteiger partial charge in [-0.1, -0.05) is 0 Å². The number of hydrogen-bond donors (Lipinski definition) is 1. The van der Waals surface area contributed by atoms with Crippen molar-refractivity contribution in [2.75, 3.05) is 25.5 Å². The Kier molecular flexibility index (Phi) is 4.10. The first-order valence-corrected chi connectivity index (χ1v) is 6.27. The smallest absolute Gasteiger partial charge is 0.372 e. The number of halogens is 3. The number of rotatable bonds is 2. The Morgan fingerprint density at radius 1 is 1.35 bits per heavy atom. The molecule has 2 heterocycles. The highest BCUT2D eigenvalue weighted by atomic mass is 19.4. The lowest BCUT2D eigenvalue weighted by molar-refractivity contribution is -0.183. The van der Waals surface area contributed by atoms with Crippen molar-refractivity contribution >= 4 is 11.7 Å². The Balaban J connectivity index is 2.01. The van der Waals surface area contributed by atoms with Gasteiger partial charge in [-0.05, 0) is 12.8 Å². The predicted molar refractivity (Wildman–Crippen MR) is 66.3 cm³/mol. The summed E-state index contributed by atoms with van der Waals surface area (Å²) in [6.07, 6.45) is -1.52. The SMILES string of the molecule is CNc1cncc(C(=O)N2CCC(C(F)(F)F)CC2)n1. The van der Waals surface area contributed by atoms with Gasteiger partial charge in [0, 0.05) is 20.1 Å². The molecule has 2 rings (SSSR count). The lowest BCUT2D eigenvalue weighted by Crippen LogP contribution is -2.42. The average Bonchev–Trinajstić information content (AvgIpc) is 2.46. The highest BCUT2D eigenvalue weighted by Gasteiger charge is 2.41. The number of anilines is 1. The van der Waals surface area contributed by atoms with Gasteiger partial charge in [-0.15, -0.1) is 0 Å². The fourth-order valence-electron chi connectivity index (χ4n) is 2.16. The van der Waals surface area contributed by atoms with Gasteiger partial charge < -0.3 is 10.2 Å². The Bertz CT molecular complexity index is 484. The molecule has 5 nitrogen and oxygen atoms in total. The summed E-state index contributed by atoms with van der Waals surface area (Å²) in [5.41, 5.74) is 0.141. The second-order valence-electron chi connectivity index (χ2n) is 4.65. The molecule has 0 aromatic carbocycles. The van der Waals surface area contributed by atoms with E-state index in [1.54, 1.807) is 7.05 Å². The van der Waals surface area contributed by atoms with Crippen LogP contribution in [0.2, 0.25) is 0 Å². The Hall–Kier alpha value is -1.86. The predicted octanol–water partition coefficient (Wildman–Crippen LogP) is 1.93. The number of likely N-dealkylation sites (tertiary alicyclic amines) is 1. The van der Waals surface area contributed by atoms with Crippen molar-refractivity contribution in [3.8, 4) is 0 Å². The van der Waals surface area contributed by atoms with Gasteiger partial charge in [-0.2, -0.15) is 13.2 Å². The Morgan fingerprint density at radius 3 is 2.55 bits per heavy atom. The summed E-state index contributed by atoms with van der Waals surface area (Å²) < 4.78 is 37.7. The molecule has 0 spiro atoms. The molecule has 0 atom stereocenters. The summed E-state index contributed by atoms with van der Waals surface area (Å²) in [4.78, 5) is 21.5. The number of hydrogen-bond acceptors (Lipinski definition) is 4. The van der Waals surface area contributed by atoms with Crippen LogP contribution >= 0.6 is 0 Å². The van der Waals surface area contributed by atoms with E-state index in [4.69, 9.17) is 0 Å². The van der Waals surface area contributed by atoms with Crippen LogP contribution in [0, 0.1) is 5.92 Å². The highest BCUT2D eigenvalue weighted by molar-refractivity contribution is 5.92. The third kappa shape index (κ3) is 3.17. The van der Waals surface area contributed by atoms with E-state index < -0.39 is 12.1 Å². The van der Waals surface area contributed by atoms with Gasteiger partial charge in [0.05, 0.1) is 18.3 Å². The van der Waals surface area contributed by atoms with Crippen molar-refractivity contribution in [1.29, 1.82) is 0 Å². The molecule has 1 aromatic heterocycles. The van der Waals surface area contributed by atoms with E-state index in [-0.39, 0.29) is 37.5 Å². The van der Waals surface area contributed by atoms with Gasteiger partial charge >= 0.3 is 6.18 Å². The summed E-state index contributed by atoms with van der Waals surface area (Å²) >= 11 is 0. The third-order valence-electron chi connectivity index (χ3n) is 3.35. The molecule has 8 heteroatoms. The molecule has 0 unspecified atom stereocenters. The van der Waals surface area contributed by atoms with Gasteiger partial charge in [-0.3, -0.25) is 9.78 Å². The third-order valence-corrected chi connectivity index (χ3v) is 3.35. The molecule has 1 fully saturated rings. The molecule has 110 valence electrons. The molecule has 0 radical (unpaired) electrons. The molecular weight excluding hydrogens is 273 g/mol. The normalized spacial score (nSPS) is 17.1. The molecule has 1 aliphatic heterocycles. The molecule has 20 heavy (non-hydrogen) atoms. The number of amides is 1. The number of carbonyl (C=O) groups excluding carboxylic acids is 1. The quantitative estimate of drug-likeness (QED) is 0.903. The molecule has 1 amide bonds. The van der Waals surface area contributed by atoms with Crippen molar-refractivity contribution in [3.05, 3.63) is 18.1 Å². The van der Waals surface area contributed by atoms with E-state index >= 15 is 0 Å². The first-order valence-electron chi connectivity index (χ1n) is 6.27. The Morgan fingerprint density at radius 2 is 2.00 bits per heavy atom. The number of nitrogens with one attached hydrogen (secondary N) is 1. The van der Waals surface area contributed by atoms with Crippen LogP contribution in [-0.2, 0) is 0 Å². The maximum absolute atomic E-state index is 12.6. The van der Waals surface area contributed by atoms with Gasteiger partial charge in [-0.25, -0.2) is 4.98 Å². The summed E-state index contributed by atoms with van der Waals surface area (Å²) in [6.45, 7) is 0.183. The lowest BCUT2D eigenvalue weighted by Gasteiger charge is -2.32. The van der Waals surface area contributed by atoms with Crippen LogP contribution in [-0.4, -0.2) is 47.1 Å². The van der Waals surface area contributed by atoms with Gasteiger partial charge in [0.25, 0.3) is 5.91 Å². The monoisotopic (exact) mass is 288 g/mol. The maximum atomic E-state index is 12.6. The second-order valence-corrected chi connectivity index (χ2v) is 4.65. The first-order chi connectivity index (χ1) is 9.41. The molecule has 1 aliphatic rings. The van der Waals surface area contributed by atoms with Crippen molar-refractivity contribution in [3.63, 3.8) is 0 Å². The number of piperidine rings is 1. The zero-order chi connectivity index (χ0) is 14.8. The van der Waals surface area contributed by atoms with Crippen molar-refractivity contribution in [2.24, 2.45) is 5.92 Å². The van der Waals surface area contributed by atoms with E-state index in [1.165, 1.54) is 17.3 Å². The van der Waals surface area contributed by atoms with E-state index in [9.17, 15) is 18.0 Å². The largest absolute Gasteiger partial charge is 0.391 e. The summed E-state index contributed by atoms with van der Waals surface area (Å²) in [6, 6.07) is 0. The van der Waals surface area contributed by atoms with Crippen LogP contribution in [0.5, 0.6) is 0 Å². The van der Waals surface area contributed by atoms with E-state index in [0.717, 1.165) is 0 Å². The summed E-state index contributed by atoms with van der Waals surface area (Å²) in [7, 11) is 1.65. The topological polar surface area (TPSA) is 58.1 Å². The molecule has 0 aliphatic carbocycles. The molecule has 1 N–H and O–H groups in total. The highest BCUT2D eigenvalue weighted by Crippen LogP contribution is 2.34. The zero-order valence-electron chi connectivity index (χ0n) is 10.9. The minimum Gasteiger partial charge on any atom is -0.372 e. The van der Waals surface area contributed by atoms with Crippen LogP contribution < -0.4 is 5.32 Å². The van der Waals surface area contributed by atoms with Crippen molar-refractivity contribution < 1.29 is 18.0 Å². The van der Waals surface area contributed by atoms with Crippen molar-refractivity contribution in [1.82, 2.24) is 14.9 Å². The molecule has 0 saturated carbocycles. The van der Waals surface area contributed by atoms with Gasteiger partial charge in [0.2, 0.25) is 0 Å². The zero-order valence-corrected chi connectivity index (χ0v) is 10.9. The number of alkyl halides is 3. The fraction of sp³-hybridized carbons (Fsp3) is 0.583. The van der Waals surface area contributed by atoms with Crippen LogP contribution in [0.3, 0.4) is 0 Å². The van der Waals surface area contributed by atoms with Crippen LogP contribution in [0.4, 0.5) is 19.0 Å². The van der Waals surface area contributed by atoms with Crippen LogP contribution in [0.25, 0.3) is 0 Å². The van der Waals surface area contributed by atoms with Crippen LogP contribution in [0.1, 0.15) is 23.3 Å². The molecule has 1 aromatic rings. The van der Waals surface area contributed by atoms with E-state index in [2.05, 4.69) is 15.3 Å². The van der Waals surface area contributed by atoms with Gasteiger partial charge in [0.15, 0.2) is 0 Å². The fourth-order valence-corrected chi connectivity index (χ4v) is 2.16. The number of aromatic nitrogens is 2.